The molecule has 0 unspecified atom stereocenters. The summed E-state index contributed by atoms with van der Waals surface area (Å²) in [6.45, 7) is 11.0. The fraction of sp³-hybridized carbons (Fsp3) is 1.00. The van der Waals surface area contributed by atoms with Crippen molar-refractivity contribution in [3.05, 3.63) is 0 Å². The van der Waals surface area contributed by atoms with Crippen molar-refractivity contribution in [1.82, 2.24) is 0 Å². The van der Waals surface area contributed by atoms with E-state index < -0.39 is 24.2 Å². The smallest absolute Gasteiger partial charge is 0.206 e. The van der Waals surface area contributed by atoms with E-state index in [1.165, 1.54) is 0 Å². The van der Waals surface area contributed by atoms with Crippen LogP contribution in [0.2, 0.25) is 13.1 Å². The van der Waals surface area contributed by atoms with Gasteiger partial charge < -0.3 is 8.85 Å². The first-order valence-electron chi connectivity index (χ1n) is 5.30. The Bertz CT molecular complexity index is 153. The molecule has 0 saturated carbocycles. The lowest BCUT2D eigenvalue weighted by Gasteiger charge is -2.31. The number of hydrogen-bond acceptors (Lipinski definition) is 2. The van der Waals surface area contributed by atoms with Crippen molar-refractivity contribution in [1.29, 1.82) is 0 Å². The van der Waals surface area contributed by atoms with Crippen molar-refractivity contribution in [2.24, 2.45) is 5.41 Å². The minimum atomic E-state index is -0.456. The standard InChI is InChI=1S/C9H23BrO2Si2/c1-8(2,3)6-7-9(10,11-13-4)12-14-5/h6-7,13-14H2,1-5H3. The molecule has 0 radical (unpaired) electrons. The van der Waals surface area contributed by atoms with Crippen LogP contribution in [0.15, 0.2) is 0 Å². The van der Waals surface area contributed by atoms with Crippen molar-refractivity contribution in [3.63, 3.8) is 0 Å². The molecule has 0 aromatic rings. The van der Waals surface area contributed by atoms with Gasteiger partial charge in [0.15, 0.2) is 19.5 Å². The van der Waals surface area contributed by atoms with Crippen LogP contribution in [0.5, 0.6) is 0 Å². The van der Waals surface area contributed by atoms with Gasteiger partial charge in [0.1, 0.15) is 0 Å². The van der Waals surface area contributed by atoms with Crippen molar-refractivity contribution < 1.29 is 8.85 Å². The van der Waals surface area contributed by atoms with Gasteiger partial charge in [-0.1, -0.05) is 33.9 Å². The summed E-state index contributed by atoms with van der Waals surface area (Å²) in [7, 11) is -0.848. The summed E-state index contributed by atoms with van der Waals surface area (Å²) in [5.74, 6) is 0. The third-order valence-electron chi connectivity index (χ3n) is 1.89. The zero-order valence-electron chi connectivity index (χ0n) is 10.0. The minimum Gasteiger partial charge on any atom is -0.390 e. The van der Waals surface area contributed by atoms with Gasteiger partial charge in [0.25, 0.3) is 0 Å². The molecule has 0 heterocycles. The highest BCUT2D eigenvalue weighted by atomic mass is 79.9. The first kappa shape index (κ1) is 14.8. The molecule has 0 aliphatic rings. The van der Waals surface area contributed by atoms with Crippen molar-refractivity contribution >= 4 is 35.5 Å². The Balaban J connectivity index is 4.08. The number of alkyl halides is 1. The molecule has 0 bridgehead atoms. The Morgan fingerprint density at radius 1 is 1.00 bits per heavy atom. The molecular weight excluding hydrogens is 276 g/mol. The maximum Gasteiger partial charge on any atom is 0.206 e. The molecule has 0 aromatic heterocycles. The Labute approximate surface area is 101 Å². The van der Waals surface area contributed by atoms with Gasteiger partial charge in [-0.05, 0) is 27.8 Å². The molecule has 0 aliphatic carbocycles. The van der Waals surface area contributed by atoms with E-state index >= 15 is 0 Å². The summed E-state index contributed by atoms with van der Waals surface area (Å²) >= 11 is 3.58. The number of hydrogen-bond donors (Lipinski definition) is 0. The molecule has 0 fully saturated rings. The van der Waals surface area contributed by atoms with Gasteiger partial charge in [-0.25, -0.2) is 0 Å². The molecular formula is C9H23BrO2Si2. The number of rotatable bonds is 6. The molecule has 86 valence electrons. The van der Waals surface area contributed by atoms with E-state index in [0.29, 0.717) is 5.41 Å². The quantitative estimate of drug-likeness (QED) is 0.425. The van der Waals surface area contributed by atoms with Crippen LogP contribution < -0.4 is 0 Å². The first-order chi connectivity index (χ1) is 6.33. The maximum absolute atomic E-state index is 5.73. The predicted molar refractivity (Wildman–Crippen MR) is 71.3 cm³/mol. The summed E-state index contributed by atoms with van der Waals surface area (Å²) < 4.78 is 11.0. The lowest BCUT2D eigenvalue weighted by atomic mass is 9.90. The molecule has 2 nitrogen and oxygen atoms in total. The third-order valence-corrected chi connectivity index (χ3v) is 5.10. The molecule has 0 aromatic carbocycles. The molecule has 0 amide bonds. The van der Waals surface area contributed by atoms with Crippen molar-refractivity contribution in [2.75, 3.05) is 0 Å². The highest BCUT2D eigenvalue weighted by Crippen LogP contribution is 2.32. The SMILES string of the molecule is C[SiH2]OC(Br)(CCC(C)(C)C)O[SiH2]C. The molecule has 14 heavy (non-hydrogen) atoms. The maximum atomic E-state index is 5.73. The van der Waals surface area contributed by atoms with Crippen LogP contribution in [-0.4, -0.2) is 24.2 Å². The summed E-state index contributed by atoms with van der Waals surface area (Å²) in [6.07, 6.45) is 2.05. The van der Waals surface area contributed by atoms with Crippen LogP contribution in [0.1, 0.15) is 33.6 Å². The van der Waals surface area contributed by atoms with Crippen LogP contribution in [0.4, 0.5) is 0 Å². The Kier molecular flexibility index (Phi) is 6.81. The highest BCUT2D eigenvalue weighted by Gasteiger charge is 2.28. The van der Waals surface area contributed by atoms with Crippen molar-refractivity contribution in [2.45, 2.75) is 51.4 Å². The summed E-state index contributed by atoms with van der Waals surface area (Å²) in [5.41, 5.74) is 0.344. The highest BCUT2D eigenvalue weighted by molar-refractivity contribution is 9.10. The molecule has 0 N–H and O–H groups in total. The lowest BCUT2D eigenvalue weighted by Crippen LogP contribution is -2.32. The average Bonchev–Trinajstić information content (AvgIpc) is 2.01. The Hall–Kier alpha value is 0.834. The van der Waals surface area contributed by atoms with E-state index in [2.05, 4.69) is 49.8 Å². The summed E-state index contributed by atoms with van der Waals surface area (Å²) in [5, 5.41) is 0. The van der Waals surface area contributed by atoms with E-state index in [9.17, 15) is 0 Å². The van der Waals surface area contributed by atoms with Gasteiger partial charge in [0.2, 0.25) is 4.70 Å². The van der Waals surface area contributed by atoms with E-state index in [0.717, 1.165) is 12.8 Å². The second-order valence-corrected chi connectivity index (χ2v) is 7.53. The monoisotopic (exact) mass is 298 g/mol. The fourth-order valence-corrected chi connectivity index (χ4v) is 4.20. The molecule has 0 atom stereocenters. The van der Waals surface area contributed by atoms with Crippen LogP contribution in [0.25, 0.3) is 0 Å². The van der Waals surface area contributed by atoms with E-state index in [1.54, 1.807) is 0 Å². The van der Waals surface area contributed by atoms with E-state index in [1.807, 2.05) is 0 Å². The van der Waals surface area contributed by atoms with Crippen LogP contribution in [0.3, 0.4) is 0 Å². The average molecular weight is 299 g/mol. The molecule has 5 heteroatoms. The summed E-state index contributed by atoms with van der Waals surface area (Å²) in [6, 6.07) is 0. The van der Waals surface area contributed by atoms with Crippen molar-refractivity contribution in [3.8, 4) is 0 Å². The third kappa shape index (κ3) is 7.17. The topological polar surface area (TPSA) is 18.5 Å². The second kappa shape index (κ2) is 6.42. The van der Waals surface area contributed by atoms with Gasteiger partial charge in [0, 0.05) is 6.42 Å². The zero-order chi connectivity index (χ0) is 11.2. The Morgan fingerprint density at radius 3 is 1.71 bits per heavy atom. The largest absolute Gasteiger partial charge is 0.390 e. The van der Waals surface area contributed by atoms with Crippen LogP contribution in [0, 0.1) is 5.41 Å². The molecule has 0 spiro atoms. The molecule has 0 saturated heterocycles. The molecule has 0 aliphatic heterocycles. The van der Waals surface area contributed by atoms with Gasteiger partial charge in [-0.3, -0.25) is 0 Å². The summed E-state index contributed by atoms with van der Waals surface area (Å²) in [4.78, 5) is 0. The fourth-order valence-electron chi connectivity index (χ4n) is 1.14. The lowest BCUT2D eigenvalue weighted by molar-refractivity contribution is -0.0314. The zero-order valence-corrected chi connectivity index (χ0v) is 14.4. The number of halogens is 1. The second-order valence-electron chi connectivity index (χ2n) is 4.59. The van der Waals surface area contributed by atoms with Gasteiger partial charge in [-0.2, -0.15) is 0 Å². The predicted octanol–water partition coefficient (Wildman–Crippen LogP) is 2.16. The van der Waals surface area contributed by atoms with E-state index in [-0.39, 0.29) is 0 Å². The van der Waals surface area contributed by atoms with Gasteiger partial charge >= 0.3 is 0 Å². The first-order valence-corrected chi connectivity index (χ1v) is 10.1. The van der Waals surface area contributed by atoms with E-state index in [4.69, 9.17) is 8.85 Å². The van der Waals surface area contributed by atoms with Gasteiger partial charge in [-0.15, -0.1) is 0 Å². The van der Waals surface area contributed by atoms with Crippen LogP contribution in [-0.2, 0) is 8.85 Å². The Morgan fingerprint density at radius 2 is 1.43 bits per heavy atom. The normalized spacial score (nSPS) is 18.4. The van der Waals surface area contributed by atoms with Crippen LogP contribution >= 0.6 is 15.9 Å². The van der Waals surface area contributed by atoms with Gasteiger partial charge in [0.05, 0.1) is 0 Å². The molecule has 0 rings (SSSR count). The minimum absolute atomic E-state index is 0.344.